The predicted molar refractivity (Wildman–Crippen MR) is 267 cm³/mol. The molecule has 400 valence electrons. The number of aromatic hydroxyl groups is 2. The number of nitrogens with two attached hydrogens (primary N) is 2. The second-order valence-electron chi connectivity index (χ2n) is 18.9. The lowest BCUT2D eigenvalue weighted by molar-refractivity contribution is -0.249. The van der Waals surface area contributed by atoms with E-state index in [-0.39, 0.29) is 53.9 Å². The number of benzene rings is 4. The van der Waals surface area contributed by atoms with Gasteiger partial charge < -0.3 is 77.2 Å². The molecular weight excluding hydrogens is 977 g/mol. The highest BCUT2D eigenvalue weighted by atomic mass is 16.7. The molecule has 0 saturated carbocycles. The summed E-state index contributed by atoms with van der Waals surface area (Å²) < 4.78 is 23.0. The number of phenols is 2. The quantitative estimate of drug-likeness (QED) is 0.0389. The molecule has 22 nitrogen and oxygen atoms in total. The molecule has 4 unspecified atom stereocenters. The summed E-state index contributed by atoms with van der Waals surface area (Å²) in [5, 5.41) is 67.0. The van der Waals surface area contributed by atoms with Crippen molar-refractivity contribution in [2.24, 2.45) is 11.5 Å². The third-order valence-electron chi connectivity index (χ3n) is 13.6. The van der Waals surface area contributed by atoms with E-state index >= 15 is 0 Å². The van der Waals surface area contributed by atoms with E-state index in [4.69, 9.17) is 30.4 Å². The number of ketones is 3. The topological polar surface area (TPSA) is 358 Å². The Kier molecular flexibility index (Phi) is 17.7. The fraction of sp³-hybridized carbons (Fsp3) is 0.415. The molecule has 1 fully saturated rings. The molecule has 2 aliphatic carbocycles. The molecule has 3 aliphatic rings. The number of carbonyl (C=O) groups is 7. The predicted octanol–water partition coefficient (Wildman–Crippen LogP) is 1.60. The van der Waals surface area contributed by atoms with Crippen molar-refractivity contribution in [2.75, 3.05) is 25.6 Å². The van der Waals surface area contributed by atoms with Crippen LogP contribution in [0.3, 0.4) is 0 Å². The standard InChI is InChI=1S/C53H62N6O16/c1-26(55)49(67)58-35(20-28-10-5-4-6-11-28)51(69)57-33(13-7-8-19-54)50(68)56-30-17-15-29(16-18-30)25-73-52(70)59-34-21-39(74-27(2)44(34)62)75-37-23-53(71,38(61)24-60)22-32-41(37)48(66)43-42(46(32)64)45(63)31-12-9-14-36(72-3)40(31)47(43)65/h4-6,9-12,14-18,26-27,33-35,37,39,44,60,62,64,66,71H,7-8,13,19-25,54-55H2,1-3H3,(H,56,68)(H,57,69)(H,58,67)(H,59,70)/t26-,27?,33+,34?,35+,37+,39?,44?,53+/m1/s1. The monoisotopic (exact) mass is 1040 g/mol. The van der Waals surface area contributed by atoms with Crippen molar-refractivity contribution in [3.05, 3.63) is 117 Å². The van der Waals surface area contributed by atoms with Crippen LogP contribution in [0, 0.1) is 0 Å². The zero-order chi connectivity index (χ0) is 54.3. The van der Waals surface area contributed by atoms with Crippen LogP contribution in [-0.4, -0.2) is 135 Å². The molecule has 22 heteroatoms. The zero-order valence-electron chi connectivity index (χ0n) is 41.5. The molecule has 0 bridgehead atoms. The summed E-state index contributed by atoms with van der Waals surface area (Å²) in [6.07, 6.45) is -6.24. The molecule has 0 radical (unpaired) electrons. The van der Waals surface area contributed by atoms with Gasteiger partial charge in [-0.25, -0.2) is 4.79 Å². The molecule has 0 spiro atoms. The first kappa shape index (κ1) is 55.4. The van der Waals surface area contributed by atoms with E-state index in [9.17, 15) is 59.1 Å². The minimum absolute atomic E-state index is 0.0317. The van der Waals surface area contributed by atoms with Gasteiger partial charge in [0.1, 0.15) is 54.3 Å². The molecule has 4 amide bonds. The van der Waals surface area contributed by atoms with Crippen molar-refractivity contribution in [1.82, 2.24) is 16.0 Å². The number of ether oxygens (including phenoxy) is 4. The van der Waals surface area contributed by atoms with Crippen LogP contribution in [0.2, 0.25) is 0 Å². The van der Waals surface area contributed by atoms with Crippen LogP contribution in [-0.2, 0) is 52.8 Å². The maximum absolute atomic E-state index is 14.0. The molecule has 13 N–H and O–H groups in total. The Hall–Kier alpha value is -7.31. The van der Waals surface area contributed by atoms with Gasteiger partial charge in [0.2, 0.25) is 23.5 Å². The lowest BCUT2D eigenvalue weighted by Gasteiger charge is -2.42. The molecular formula is C53H62N6O16. The zero-order valence-corrected chi connectivity index (χ0v) is 41.5. The number of aliphatic hydroxyl groups is 3. The first-order chi connectivity index (χ1) is 35.8. The fourth-order valence-electron chi connectivity index (χ4n) is 9.51. The third-order valence-corrected chi connectivity index (χ3v) is 13.6. The molecule has 4 aromatic carbocycles. The van der Waals surface area contributed by atoms with Gasteiger partial charge in [0.25, 0.3) is 0 Å². The van der Waals surface area contributed by atoms with Crippen molar-refractivity contribution in [3.8, 4) is 17.2 Å². The number of anilines is 1. The number of Topliss-reactive ketones (excluding diaryl/α,β-unsaturated/α-hetero) is 1. The number of fused-ring (bicyclic) bond motifs is 3. The highest BCUT2D eigenvalue weighted by Crippen LogP contribution is 2.52. The Balaban J connectivity index is 1.01. The van der Waals surface area contributed by atoms with Gasteiger partial charge in [-0.3, -0.25) is 28.8 Å². The number of rotatable bonds is 20. The number of hydrogen-bond donors (Lipinski definition) is 11. The van der Waals surface area contributed by atoms with Crippen LogP contribution in [0.15, 0.2) is 72.8 Å². The molecule has 1 heterocycles. The number of hydrogen-bond acceptors (Lipinski definition) is 18. The lowest BCUT2D eigenvalue weighted by Crippen LogP contribution is -2.56. The number of phenolic OH excluding ortho intramolecular Hbond substituents is 2. The van der Waals surface area contributed by atoms with Crippen molar-refractivity contribution in [3.63, 3.8) is 0 Å². The summed E-state index contributed by atoms with van der Waals surface area (Å²) in [4.78, 5) is 94.1. The number of unbranched alkanes of at least 4 members (excludes halogenated alkanes) is 1. The van der Waals surface area contributed by atoms with E-state index in [1.165, 1.54) is 39.2 Å². The maximum Gasteiger partial charge on any atom is 0.407 e. The van der Waals surface area contributed by atoms with Crippen LogP contribution in [0.1, 0.15) is 106 Å². The molecule has 1 saturated heterocycles. The summed E-state index contributed by atoms with van der Waals surface area (Å²) in [5.74, 6) is -5.93. The average molecular weight is 1040 g/mol. The fourth-order valence-corrected chi connectivity index (χ4v) is 9.51. The number of alkyl carbamates (subject to hydrolysis) is 1. The van der Waals surface area contributed by atoms with Crippen LogP contribution < -0.4 is 37.5 Å². The van der Waals surface area contributed by atoms with Gasteiger partial charge in [0.15, 0.2) is 17.9 Å². The van der Waals surface area contributed by atoms with Crippen molar-refractivity contribution in [2.45, 2.75) is 120 Å². The first-order valence-electron chi connectivity index (χ1n) is 24.4. The Bertz CT molecular complexity index is 2810. The summed E-state index contributed by atoms with van der Waals surface area (Å²) in [6.45, 7) is 1.97. The van der Waals surface area contributed by atoms with Crippen LogP contribution in [0.25, 0.3) is 0 Å². The van der Waals surface area contributed by atoms with E-state index in [0.29, 0.717) is 30.6 Å². The number of amides is 4. The van der Waals surface area contributed by atoms with Crippen LogP contribution in [0.4, 0.5) is 10.5 Å². The molecule has 9 atom stereocenters. The second-order valence-corrected chi connectivity index (χ2v) is 18.9. The van der Waals surface area contributed by atoms with E-state index in [2.05, 4.69) is 21.3 Å². The third kappa shape index (κ3) is 12.3. The number of methoxy groups -OCH3 is 1. The largest absolute Gasteiger partial charge is 0.507 e. The highest BCUT2D eigenvalue weighted by Gasteiger charge is 2.50. The summed E-state index contributed by atoms with van der Waals surface area (Å²) in [6, 6.07) is 15.6. The van der Waals surface area contributed by atoms with Gasteiger partial charge in [0, 0.05) is 48.1 Å². The van der Waals surface area contributed by atoms with E-state index < -0.39 is 138 Å². The molecule has 75 heavy (non-hydrogen) atoms. The Morgan fingerprint density at radius 3 is 2.21 bits per heavy atom. The van der Waals surface area contributed by atoms with Crippen molar-refractivity contribution in [1.29, 1.82) is 0 Å². The molecule has 0 aromatic heterocycles. The normalized spacial score (nSPS) is 22.0. The smallest absolute Gasteiger partial charge is 0.407 e. The Morgan fingerprint density at radius 2 is 1.55 bits per heavy atom. The van der Waals surface area contributed by atoms with Gasteiger partial charge >= 0.3 is 6.09 Å². The summed E-state index contributed by atoms with van der Waals surface area (Å²) in [7, 11) is 1.29. The maximum atomic E-state index is 14.0. The van der Waals surface area contributed by atoms with Gasteiger partial charge in [0.05, 0.1) is 48.1 Å². The number of carbonyl (C=O) groups excluding carboxylic acids is 7. The molecule has 7 rings (SSSR count). The van der Waals surface area contributed by atoms with Crippen LogP contribution >= 0.6 is 0 Å². The van der Waals surface area contributed by atoms with E-state index in [0.717, 1.165) is 5.56 Å². The van der Waals surface area contributed by atoms with Gasteiger partial charge in [-0.2, -0.15) is 0 Å². The minimum atomic E-state index is -2.40. The SMILES string of the molecule is COc1cccc2c1C(=O)c1c(O)c3c(c(O)c1C2=O)C[C@@](O)(C(=O)CO)C[C@@H]3OC1CC(NC(=O)OCc2ccc(NC(=O)[C@H](CCCCN)NC(=O)[C@H](Cc3ccccc3)NC(=O)[C@@H](C)N)cc2)C(O)C(C)O1. The minimum Gasteiger partial charge on any atom is -0.507 e. The van der Waals surface area contributed by atoms with E-state index in [1.54, 1.807) is 36.4 Å². The van der Waals surface area contributed by atoms with Gasteiger partial charge in [-0.1, -0.05) is 54.6 Å². The highest BCUT2D eigenvalue weighted by molar-refractivity contribution is 6.31. The molecule has 4 aromatic rings. The van der Waals surface area contributed by atoms with Crippen LogP contribution in [0.5, 0.6) is 17.2 Å². The lowest BCUT2D eigenvalue weighted by atomic mass is 9.72. The molecule has 1 aliphatic heterocycles. The van der Waals surface area contributed by atoms with Crippen molar-refractivity contribution < 1.29 is 78.0 Å². The second kappa shape index (κ2) is 23.9. The van der Waals surface area contributed by atoms with Crippen molar-refractivity contribution >= 4 is 46.9 Å². The van der Waals surface area contributed by atoms with Gasteiger partial charge in [-0.15, -0.1) is 0 Å². The summed E-state index contributed by atoms with van der Waals surface area (Å²) in [5.41, 5.74) is 8.78. The van der Waals surface area contributed by atoms with E-state index in [1.807, 2.05) is 18.2 Å². The number of nitrogens with one attached hydrogen (secondary N) is 4. The first-order valence-corrected chi connectivity index (χ1v) is 24.4. The average Bonchev–Trinajstić information content (AvgIpc) is 3.42. The summed E-state index contributed by atoms with van der Waals surface area (Å²) >= 11 is 0. The Labute approximate surface area is 431 Å². The van der Waals surface area contributed by atoms with Gasteiger partial charge in [-0.05, 0) is 69.0 Å². The number of aliphatic hydroxyl groups excluding tert-OH is 2. The Morgan fingerprint density at radius 1 is 0.853 bits per heavy atom.